The summed E-state index contributed by atoms with van der Waals surface area (Å²) in [5.74, 6) is -0.203. The smallest absolute Gasteiger partial charge is 0.276 e. The first kappa shape index (κ1) is 16.1. The van der Waals surface area contributed by atoms with Gasteiger partial charge in [0.05, 0.1) is 0 Å². The molecule has 1 aliphatic heterocycles. The lowest BCUT2D eigenvalue weighted by molar-refractivity contribution is -0.116. The van der Waals surface area contributed by atoms with Crippen LogP contribution in [0.2, 0.25) is 0 Å². The number of benzene rings is 1. The molecule has 2 amide bonds. The zero-order chi connectivity index (χ0) is 16.9. The Kier molecular flexibility index (Phi) is 4.86. The molecule has 0 saturated carbocycles. The molecular weight excluding hydrogens is 304 g/mol. The average Bonchev–Trinajstić information content (AvgIpc) is 2.61. The van der Waals surface area contributed by atoms with Gasteiger partial charge >= 0.3 is 0 Å². The molecule has 2 heterocycles. The van der Waals surface area contributed by atoms with Crippen LogP contribution in [-0.2, 0) is 11.2 Å². The van der Waals surface area contributed by atoms with Gasteiger partial charge in [-0.05, 0) is 48.7 Å². The predicted molar refractivity (Wildman–Crippen MR) is 93.0 cm³/mol. The minimum atomic E-state index is -0.102. The van der Waals surface area contributed by atoms with Gasteiger partial charge < -0.3 is 16.0 Å². The Balaban J connectivity index is 1.83. The van der Waals surface area contributed by atoms with Gasteiger partial charge in [-0.1, -0.05) is 6.07 Å². The number of carbonyl (C=O) groups excluding carboxylic acids is 2. The SMILES string of the molecule is NCCC(=O)Nc1ccc2c(c1)CCCN2C(=O)c1ccccn1. The van der Waals surface area contributed by atoms with Crippen LogP contribution >= 0.6 is 0 Å². The van der Waals surface area contributed by atoms with Crippen LogP contribution in [0.25, 0.3) is 0 Å². The van der Waals surface area contributed by atoms with E-state index in [1.54, 1.807) is 29.3 Å². The Morgan fingerprint density at radius 1 is 1.25 bits per heavy atom. The van der Waals surface area contributed by atoms with Crippen LogP contribution < -0.4 is 16.0 Å². The summed E-state index contributed by atoms with van der Waals surface area (Å²) in [6, 6.07) is 10.9. The van der Waals surface area contributed by atoms with E-state index in [1.807, 2.05) is 18.2 Å². The molecule has 2 aromatic rings. The van der Waals surface area contributed by atoms with E-state index < -0.39 is 0 Å². The number of rotatable bonds is 4. The lowest BCUT2D eigenvalue weighted by Gasteiger charge is -2.29. The summed E-state index contributed by atoms with van der Waals surface area (Å²) in [4.78, 5) is 30.3. The number of hydrogen-bond acceptors (Lipinski definition) is 4. The molecule has 0 bridgehead atoms. The molecule has 6 nitrogen and oxygen atoms in total. The maximum atomic E-state index is 12.7. The van der Waals surface area contributed by atoms with Crippen LogP contribution in [0, 0.1) is 0 Å². The van der Waals surface area contributed by atoms with Crippen molar-refractivity contribution >= 4 is 23.2 Å². The predicted octanol–water partition coefficient (Wildman–Crippen LogP) is 1.96. The van der Waals surface area contributed by atoms with Gasteiger partial charge in [-0.3, -0.25) is 14.6 Å². The van der Waals surface area contributed by atoms with Gasteiger partial charge in [-0.15, -0.1) is 0 Å². The second-order valence-corrected chi connectivity index (χ2v) is 5.71. The molecule has 24 heavy (non-hydrogen) atoms. The molecule has 6 heteroatoms. The van der Waals surface area contributed by atoms with E-state index >= 15 is 0 Å². The normalized spacial score (nSPS) is 13.3. The van der Waals surface area contributed by atoms with E-state index in [9.17, 15) is 9.59 Å². The first-order chi connectivity index (χ1) is 11.7. The van der Waals surface area contributed by atoms with Gasteiger partial charge in [0.15, 0.2) is 0 Å². The molecule has 0 spiro atoms. The van der Waals surface area contributed by atoms with Crippen LogP contribution in [0.4, 0.5) is 11.4 Å². The summed E-state index contributed by atoms with van der Waals surface area (Å²) >= 11 is 0. The van der Waals surface area contributed by atoms with Gasteiger partial charge in [0.25, 0.3) is 5.91 Å². The van der Waals surface area contributed by atoms with E-state index in [0.717, 1.165) is 29.8 Å². The fourth-order valence-electron chi connectivity index (χ4n) is 2.87. The van der Waals surface area contributed by atoms with E-state index in [-0.39, 0.29) is 11.8 Å². The van der Waals surface area contributed by atoms with E-state index in [1.165, 1.54) is 0 Å². The van der Waals surface area contributed by atoms with E-state index in [0.29, 0.717) is 25.2 Å². The first-order valence-electron chi connectivity index (χ1n) is 8.05. The number of nitrogens with zero attached hydrogens (tertiary/aromatic N) is 2. The third-order valence-electron chi connectivity index (χ3n) is 3.98. The number of anilines is 2. The van der Waals surface area contributed by atoms with Gasteiger partial charge in [-0.25, -0.2) is 0 Å². The zero-order valence-corrected chi connectivity index (χ0v) is 13.4. The van der Waals surface area contributed by atoms with Crippen molar-refractivity contribution in [3.05, 3.63) is 53.9 Å². The lowest BCUT2D eigenvalue weighted by atomic mass is 10.0. The van der Waals surface area contributed by atoms with Crippen molar-refractivity contribution in [3.63, 3.8) is 0 Å². The summed E-state index contributed by atoms with van der Waals surface area (Å²) in [6.45, 7) is 0.990. The largest absolute Gasteiger partial charge is 0.330 e. The third-order valence-corrected chi connectivity index (χ3v) is 3.98. The fourth-order valence-corrected chi connectivity index (χ4v) is 2.87. The molecular formula is C18H20N4O2. The Morgan fingerprint density at radius 2 is 2.12 bits per heavy atom. The number of carbonyl (C=O) groups is 2. The van der Waals surface area contributed by atoms with Gasteiger partial charge in [0, 0.05) is 37.1 Å². The third kappa shape index (κ3) is 3.44. The zero-order valence-electron chi connectivity index (χ0n) is 13.4. The molecule has 1 aromatic carbocycles. The standard InChI is InChI=1S/C18H20N4O2/c19-9-8-17(23)21-14-6-7-16-13(12-14)4-3-11-22(16)18(24)15-5-1-2-10-20-15/h1-2,5-7,10,12H,3-4,8-9,11,19H2,(H,21,23). The maximum absolute atomic E-state index is 12.7. The topological polar surface area (TPSA) is 88.3 Å². The minimum absolute atomic E-state index is 0.100. The molecule has 3 N–H and O–H groups in total. The number of aryl methyl sites for hydroxylation is 1. The number of aromatic nitrogens is 1. The highest BCUT2D eigenvalue weighted by Gasteiger charge is 2.24. The van der Waals surface area contributed by atoms with E-state index in [2.05, 4.69) is 10.3 Å². The van der Waals surface area contributed by atoms with Crippen molar-refractivity contribution in [1.29, 1.82) is 0 Å². The molecule has 1 aromatic heterocycles. The summed E-state index contributed by atoms with van der Waals surface area (Å²) in [5, 5.41) is 2.83. The Morgan fingerprint density at radius 3 is 2.88 bits per heavy atom. The van der Waals surface area contributed by atoms with E-state index in [4.69, 9.17) is 5.73 Å². The highest BCUT2D eigenvalue weighted by molar-refractivity contribution is 6.05. The average molecular weight is 324 g/mol. The van der Waals surface area contributed by atoms with Crippen molar-refractivity contribution < 1.29 is 9.59 Å². The molecule has 0 aliphatic carbocycles. The Bertz CT molecular complexity index is 746. The van der Waals surface area contributed by atoms with Gasteiger partial charge in [0.2, 0.25) is 5.91 Å². The monoisotopic (exact) mass is 324 g/mol. The van der Waals surface area contributed by atoms with Crippen molar-refractivity contribution in [2.45, 2.75) is 19.3 Å². The number of fused-ring (bicyclic) bond motifs is 1. The van der Waals surface area contributed by atoms with Crippen molar-refractivity contribution in [3.8, 4) is 0 Å². The van der Waals surface area contributed by atoms with Gasteiger partial charge in [-0.2, -0.15) is 0 Å². The molecule has 0 atom stereocenters. The van der Waals surface area contributed by atoms with Crippen molar-refractivity contribution in [1.82, 2.24) is 4.98 Å². The van der Waals surface area contributed by atoms with Crippen LogP contribution in [-0.4, -0.2) is 29.9 Å². The maximum Gasteiger partial charge on any atom is 0.276 e. The molecule has 0 saturated heterocycles. The summed E-state index contributed by atoms with van der Waals surface area (Å²) in [7, 11) is 0. The van der Waals surface area contributed by atoms with Crippen molar-refractivity contribution in [2.24, 2.45) is 5.73 Å². The second-order valence-electron chi connectivity index (χ2n) is 5.71. The number of amides is 2. The minimum Gasteiger partial charge on any atom is -0.330 e. The molecule has 124 valence electrons. The number of nitrogens with two attached hydrogens (primary N) is 1. The van der Waals surface area contributed by atoms with Gasteiger partial charge in [0.1, 0.15) is 5.69 Å². The summed E-state index contributed by atoms with van der Waals surface area (Å²) in [5.41, 5.74) is 8.50. The van der Waals surface area contributed by atoms with Crippen LogP contribution in [0.1, 0.15) is 28.9 Å². The van der Waals surface area contributed by atoms with Crippen LogP contribution in [0.15, 0.2) is 42.6 Å². The number of pyridine rings is 1. The molecule has 3 rings (SSSR count). The molecule has 0 fully saturated rings. The highest BCUT2D eigenvalue weighted by atomic mass is 16.2. The quantitative estimate of drug-likeness (QED) is 0.900. The lowest BCUT2D eigenvalue weighted by Crippen LogP contribution is -2.36. The number of hydrogen-bond donors (Lipinski definition) is 2. The Hall–Kier alpha value is -2.73. The highest BCUT2D eigenvalue weighted by Crippen LogP contribution is 2.30. The fraction of sp³-hybridized carbons (Fsp3) is 0.278. The molecule has 0 unspecified atom stereocenters. The van der Waals surface area contributed by atoms with Crippen LogP contribution in [0.3, 0.4) is 0 Å². The summed E-state index contributed by atoms with van der Waals surface area (Å²) in [6.07, 6.45) is 3.67. The van der Waals surface area contributed by atoms with Crippen LogP contribution in [0.5, 0.6) is 0 Å². The second kappa shape index (κ2) is 7.23. The Labute approximate surface area is 140 Å². The molecule has 0 radical (unpaired) electrons. The number of nitrogens with one attached hydrogen (secondary N) is 1. The molecule has 1 aliphatic rings. The van der Waals surface area contributed by atoms with Crippen molar-refractivity contribution in [2.75, 3.05) is 23.3 Å². The first-order valence-corrected chi connectivity index (χ1v) is 8.05. The summed E-state index contributed by atoms with van der Waals surface area (Å²) < 4.78 is 0.